The molecule has 0 radical (unpaired) electrons. The third kappa shape index (κ3) is 14.5. The standard InChI is InChI=1S/C20H32O2.C18H30O2.C15H26O2.C14H24O2.C9H18O2/c1-5-19(3,4)18(21)22-20(6-2)11-14-10-15(20)17-13-8-7-12(9-13)16(14)17;1-5-17(3,4)16(19)20-18(6-2)11-12-10-15(18)14-9-7-8-13(12)14;1-5-14(3,4)13(16)17-15(6-2)10-11-7-8-12(15)9-11;1-5-13(2,3)12(15)16-14(4)9-10-6-7-11(14)8-10;1-6-7(2)8(10)11-9(3,4)5/h12-17H,5-11H2,1-4H3;12-15H,5-11H2,1-4H3;11-12H,5-10H2,1-4H3;10-11H,5-9H2,1-4H3;7H,6H2,1-5H3. The molecule has 10 bridgehead atoms. The van der Waals surface area contributed by atoms with Gasteiger partial charge in [0.25, 0.3) is 0 Å². The van der Waals surface area contributed by atoms with Crippen LogP contribution in [-0.2, 0) is 47.7 Å². The van der Waals surface area contributed by atoms with Gasteiger partial charge in [-0.05, 0) is 315 Å². The van der Waals surface area contributed by atoms with Gasteiger partial charge in [-0.2, -0.15) is 0 Å². The monoisotopic (exact) mass is 1200 g/mol. The largest absolute Gasteiger partial charge is 0.460 e. The van der Waals surface area contributed by atoms with Crippen LogP contribution in [0.3, 0.4) is 0 Å². The van der Waals surface area contributed by atoms with E-state index in [1.54, 1.807) is 0 Å². The molecule has 11 aliphatic carbocycles. The summed E-state index contributed by atoms with van der Waals surface area (Å²) in [5.41, 5.74) is -2.20. The highest BCUT2D eigenvalue weighted by molar-refractivity contribution is 5.78. The van der Waals surface area contributed by atoms with E-state index in [4.69, 9.17) is 23.7 Å². The average molecular weight is 1200 g/mol. The highest BCUT2D eigenvalue weighted by Gasteiger charge is 2.68. The van der Waals surface area contributed by atoms with E-state index in [0.29, 0.717) is 23.7 Å². The predicted molar refractivity (Wildman–Crippen MR) is 345 cm³/mol. The van der Waals surface area contributed by atoms with Crippen molar-refractivity contribution < 1.29 is 47.7 Å². The smallest absolute Gasteiger partial charge is 0.312 e. The Kier molecular flexibility index (Phi) is 22.1. The molecule has 0 saturated heterocycles. The lowest BCUT2D eigenvalue weighted by molar-refractivity contribution is -0.183. The quantitative estimate of drug-likeness (QED) is 0.0788. The maximum Gasteiger partial charge on any atom is 0.312 e. The lowest BCUT2D eigenvalue weighted by atomic mass is 9.65. The molecule has 0 spiro atoms. The normalized spacial score (nSPS) is 38.4. The second kappa shape index (κ2) is 26.9. The minimum absolute atomic E-state index is 0.00870. The maximum atomic E-state index is 12.7. The highest BCUT2D eigenvalue weighted by atomic mass is 16.6. The van der Waals surface area contributed by atoms with Crippen molar-refractivity contribution in [3.8, 4) is 0 Å². The van der Waals surface area contributed by atoms with E-state index in [1.807, 2.05) is 96.9 Å². The minimum atomic E-state index is -0.347. The van der Waals surface area contributed by atoms with Crippen molar-refractivity contribution in [2.45, 2.75) is 340 Å². The van der Waals surface area contributed by atoms with E-state index >= 15 is 0 Å². The van der Waals surface area contributed by atoms with Crippen LogP contribution in [0.15, 0.2) is 0 Å². The molecule has 19 atom stereocenters. The molecule has 11 rings (SSSR count). The van der Waals surface area contributed by atoms with Gasteiger partial charge in [-0.15, -0.1) is 0 Å². The van der Waals surface area contributed by atoms with Crippen molar-refractivity contribution in [1.82, 2.24) is 0 Å². The number of hydrogen-bond donors (Lipinski definition) is 0. The van der Waals surface area contributed by atoms with Gasteiger partial charge in [0.15, 0.2) is 0 Å². The van der Waals surface area contributed by atoms with Crippen molar-refractivity contribution in [1.29, 1.82) is 0 Å². The van der Waals surface area contributed by atoms with Crippen molar-refractivity contribution in [2.24, 2.45) is 110 Å². The zero-order chi connectivity index (χ0) is 64.0. The van der Waals surface area contributed by atoms with Crippen LogP contribution < -0.4 is 0 Å². The van der Waals surface area contributed by atoms with Gasteiger partial charge >= 0.3 is 29.8 Å². The molecule has 10 heteroatoms. The molecule has 0 aliphatic heterocycles. The third-order valence-electron chi connectivity index (χ3n) is 26.7. The van der Waals surface area contributed by atoms with Crippen LogP contribution in [0.1, 0.15) is 312 Å². The first-order valence-electron chi connectivity index (χ1n) is 36.2. The molecule has 11 saturated carbocycles. The first kappa shape index (κ1) is 70.8. The number of carbonyl (C=O) groups is 5. The van der Waals surface area contributed by atoms with Crippen molar-refractivity contribution in [3.05, 3.63) is 0 Å². The van der Waals surface area contributed by atoms with Crippen LogP contribution in [0.25, 0.3) is 0 Å². The SMILES string of the molecule is CCC(C)(C)C(=O)OC1(C)CC2CCC1C2.CCC(C)(C)C(=O)OC1(CC)CC2CC1C1C3CCC(C3)C21.CCC(C)(C)C(=O)OC1(CC)CC2CC1C1CCCC21.CCC(C)(C)C(=O)OC1(CC)CC2CCC1C2.CCC(C)C(=O)OC(C)(C)C. The number of esters is 5. The molecule has 0 aromatic carbocycles. The van der Waals surface area contributed by atoms with Gasteiger partial charge in [-0.1, -0.05) is 68.7 Å². The Hall–Kier alpha value is -2.65. The second-order valence-electron chi connectivity index (χ2n) is 34.4. The van der Waals surface area contributed by atoms with Crippen molar-refractivity contribution in [3.63, 3.8) is 0 Å². The van der Waals surface area contributed by atoms with E-state index in [0.717, 1.165) is 136 Å². The topological polar surface area (TPSA) is 132 Å². The van der Waals surface area contributed by atoms with Crippen LogP contribution in [0.4, 0.5) is 0 Å². The Morgan fingerprint density at radius 1 is 0.430 bits per heavy atom. The van der Waals surface area contributed by atoms with Gasteiger partial charge < -0.3 is 23.7 Å². The Bertz CT molecular complexity index is 2340. The Labute approximate surface area is 525 Å². The highest BCUT2D eigenvalue weighted by Crippen LogP contribution is 2.71. The summed E-state index contributed by atoms with van der Waals surface area (Å²) in [5.74, 6) is 11.5. The average Bonchev–Trinajstić information content (AvgIpc) is 1.56. The Morgan fingerprint density at radius 2 is 0.860 bits per heavy atom. The molecule has 0 heterocycles. The molecular formula is C76H130O10. The zero-order valence-corrected chi connectivity index (χ0v) is 59.1. The summed E-state index contributed by atoms with van der Waals surface area (Å²) in [7, 11) is 0. The minimum Gasteiger partial charge on any atom is -0.460 e. The summed E-state index contributed by atoms with van der Waals surface area (Å²) in [6.07, 6.45) is 30.8. The molecule has 0 N–H and O–H groups in total. The fourth-order valence-corrected chi connectivity index (χ4v) is 19.3. The van der Waals surface area contributed by atoms with Gasteiger partial charge in [-0.25, -0.2) is 0 Å². The first-order valence-corrected chi connectivity index (χ1v) is 36.2. The molecular weight excluding hydrogens is 1070 g/mol. The summed E-state index contributed by atoms with van der Waals surface area (Å²) in [6, 6.07) is 0. The Balaban J connectivity index is 0.000000157. The zero-order valence-electron chi connectivity index (χ0n) is 59.1. The summed E-state index contributed by atoms with van der Waals surface area (Å²) in [6.45, 7) is 42.6. The summed E-state index contributed by atoms with van der Waals surface area (Å²) in [5, 5.41) is 0. The number of rotatable bonds is 17. The van der Waals surface area contributed by atoms with Gasteiger partial charge in [0.2, 0.25) is 0 Å². The molecule has 494 valence electrons. The van der Waals surface area contributed by atoms with E-state index in [2.05, 4.69) is 48.5 Å². The maximum absolute atomic E-state index is 12.7. The molecule has 0 aromatic rings. The van der Waals surface area contributed by atoms with Crippen LogP contribution in [0.5, 0.6) is 0 Å². The van der Waals surface area contributed by atoms with Crippen LogP contribution in [0, 0.1) is 110 Å². The molecule has 11 aliphatic rings. The third-order valence-corrected chi connectivity index (χ3v) is 26.7. The molecule has 86 heavy (non-hydrogen) atoms. The fourth-order valence-electron chi connectivity index (χ4n) is 19.3. The predicted octanol–water partition coefficient (Wildman–Crippen LogP) is 19.2. The number of ether oxygens (including phenoxy) is 5. The lowest BCUT2D eigenvalue weighted by Crippen LogP contribution is -2.49. The number of fused-ring (bicyclic) bond motifs is 18. The number of hydrogen-bond acceptors (Lipinski definition) is 10. The lowest BCUT2D eigenvalue weighted by Gasteiger charge is -2.46. The summed E-state index contributed by atoms with van der Waals surface area (Å²) >= 11 is 0. The van der Waals surface area contributed by atoms with Crippen LogP contribution in [-0.4, -0.2) is 57.9 Å². The van der Waals surface area contributed by atoms with Gasteiger partial charge in [0, 0.05) is 11.8 Å². The molecule has 0 aromatic heterocycles. The van der Waals surface area contributed by atoms with Gasteiger partial charge in [0.1, 0.15) is 28.0 Å². The first-order chi connectivity index (χ1) is 40.0. The van der Waals surface area contributed by atoms with E-state index in [-0.39, 0.29) is 85.4 Å². The number of carbonyl (C=O) groups excluding carboxylic acids is 5. The second-order valence-corrected chi connectivity index (χ2v) is 34.4. The molecule has 11 fully saturated rings. The van der Waals surface area contributed by atoms with Crippen molar-refractivity contribution >= 4 is 29.8 Å². The Morgan fingerprint density at radius 3 is 1.29 bits per heavy atom. The van der Waals surface area contributed by atoms with E-state index in [1.165, 1.54) is 89.9 Å². The van der Waals surface area contributed by atoms with Crippen LogP contribution >= 0.6 is 0 Å². The van der Waals surface area contributed by atoms with E-state index in [9.17, 15) is 24.0 Å². The molecule has 0 amide bonds. The molecule has 19 unspecified atom stereocenters. The van der Waals surface area contributed by atoms with Crippen LogP contribution in [0.2, 0.25) is 0 Å². The van der Waals surface area contributed by atoms with E-state index < -0.39 is 0 Å². The van der Waals surface area contributed by atoms with Gasteiger partial charge in [0.05, 0.1) is 27.6 Å². The summed E-state index contributed by atoms with van der Waals surface area (Å²) < 4.78 is 29.5. The fraction of sp³-hybridized carbons (Fsp3) is 0.934. The van der Waals surface area contributed by atoms with Gasteiger partial charge in [-0.3, -0.25) is 24.0 Å². The molecule has 10 nitrogen and oxygen atoms in total. The summed E-state index contributed by atoms with van der Waals surface area (Å²) in [4.78, 5) is 60.8. The van der Waals surface area contributed by atoms with Crippen molar-refractivity contribution in [2.75, 3.05) is 0 Å².